The highest BCUT2D eigenvalue weighted by Gasteiger charge is 2.12. The number of amides is 1. The molecular weight excluding hydrogens is 322 g/mol. The number of aryl methyl sites for hydroxylation is 2. The van der Waals surface area contributed by atoms with E-state index < -0.39 is 11.6 Å². The van der Waals surface area contributed by atoms with Gasteiger partial charge < -0.3 is 10.1 Å². The van der Waals surface area contributed by atoms with Gasteiger partial charge in [0.2, 0.25) is 0 Å². The van der Waals surface area contributed by atoms with Crippen LogP contribution < -0.4 is 10.1 Å². The number of rotatable bonds is 4. The Kier molecular flexibility index (Phi) is 5.66. The lowest BCUT2D eigenvalue weighted by Crippen LogP contribution is -2.23. The Morgan fingerprint density at radius 3 is 2.78 bits per heavy atom. The predicted molar refractivity (Wildman–Crippen MR) is 83.6 cm³/mol. The van der Waals surface area contributed by atoms with Crippen LogP contribution in [0.2, 0.25) is 0 Å². The van der Waals surface area contributed by atoms with Crippen LogP contribution in [-0.4, -0.2) is 24.0 Å². The SMILES string of the molecule is Cc1nc(C)c(C(=O)NCC#CCOc2ccc(F)cc2F)s1. The summed E-state index contributed by atoms with van der Waals surface area (Å²) in [6, 6.07) is 3.04. The number of carbonyl (C=O) groups is 1. The van der Waals surface area contributed by atoms with Crippen molar-refractivity contribution in [3.63, 3.8) is 0 Å². The van der Waals surface area contributed by atoms with Crippen LogP contribution in [0.3, 0.4) is 0 Å². The maximum Gasteiger partial charge on any atom is 0.264 e. The van der Waals surface area contributed by atoms with Gasteiger partial charge in [-0.1, -0.05) is 11.8 Å². The Morgan fingerprint density at radius 2 is 2.13 bits per heavy atom. The largest absolute Gasteiger partial charge is 0.478 e. The van der Waals surface area contributed by atoms with Crippen LogP contribution in [0, 0.1) is 37.3 Å². The molecule has 1 aromatic heterocycles. The molecule has 0 saturated carbocycles. The van der Waals surface area contributed by atoms with Gasteiger partial charge in [-0.2, -0.15) is 0 Å². The molecule has 0 radical (unpaired) electrons. The standard InChI is InChI=1S/C16H14F2N2O2S/c1-10-15(23-11(2)20-10)16(21)19-7-3-4-8-22-14-6-5-12(17)9-13(14)18/h5-6,9H,7-8H2,1-2H3,(H,19,21). The van der Waals surface area contributed by atoms with Crippen molar-refractivity contribution < 1.29 is 18.3 Å². The van der Waals surface area contributed by atoms with Gasteiger partial charge >= 0.3 is 0 Å². The smallest absolute Gasteiger partial charge is 0.264 e. The Hall–Kier alpha value is -2.46. The minimum Gasteiger partial charge on any atom is -0.478 e. The third-order valence-corrected chi connectivity index (χ3v) is 3.84. The van der Waals surface area contributed by atoms with Crippen LogP contribution in [0.15, 0.2) is 18.2 Å². The molecule has 2 aromatic rings. The quantitative estimate of drug-likeness (QED) is 0.874. The fraction of sp³-hybridized carbons (Fsp3) is 0.250. The summed E-state index contributed by atoms with van der Waals surface area (Å²) in [5.74, 6) is 3.59. The van der Waals surface area contributed by atoms with Crippen molar-refractivity contribution in [3.8, 4) is 17.6 Å². The molecule has 2 rings (SSSR count). The summed E-state index contributed by atoms with van der Waals surface area (Å²) in [4.78, 5) is 16.6. The first-order valence-corrected chi connectivity index (χ1v) is 7.55. The fourth-order valence-electron chi connectivity index (χ4n) is 1.77. The molecule has 0 unspecified atom stereocenters. The molecule has 0 aliphatic carbocycles. The monoisotopic (exact) mass is 336 g/mol. The maximum absolute atomic E-state index is 13.3. The summed E-state index contributed by atoms with van der Waals surface area (Å²) in [6.07, 6.45) is 0. The zero-order valence-corrected chi connectivity index (χ0v) is 13.4. The summed E-state index contributed by atoms with van der Waals surface area (Å²) >= 11 is 1.32. The first-order valence-electron chi connectivity index (χ1n) is 6.73. The van der Waals surface area contributed by atoms with Crippen LogP contribution in [0.5, 0.6) is 5.75 Å². The molecule has 1 N–H and O–H groups in total. The number of nitrogens with zero attached hydrogens (tertiary/aromatic N) is 1. The van der Waals surface area contributed by atoms with E-state index in [4.69, 9.17) is 4.74 Å². The molecule has 0 bridgehead atoms. The first kappa shape index (κ1) is 16.9. The highest BCUT2D eigenvalue weighted by atomic mass is 32.1. The second kappa shape index (κ2) is 7.70. The molecule has 120 valence electrons. The van der Waals surface area contributed by atoms with E-state index in [1.807, 2.05) is 6.92 Å². The molecule has 0 aliphatic heterocycles. The molecule has 0 fully saturated rings. The van der Waals surface area contributed by atoms with E-state index in [0.717, 1.165) is 17.1 Å². The van der Waals surface area contributed by atoms with Gasteiger partial charge in [-0.05, 0) is 26.0 Å². The Labute approximate surface area is 136 Å². The molecule has 1 amide bonds. The summed E-state index contributed by atoms with van der Waals surface area (Å²) in [5.41, 5.74) is 0.688. The molecular formula is C16H14F2N2O2S. The van der Waals surface area contributed by atoms with Gasteiger partial charge in [-0.15, -0.1) is 11.3 Å². The Bertz CT molecular complexity index is 778. The topological polar surface area (TPSA) is 51.2 Å². The van der Waals surface area contributed by atoms with Gasteiger partial charge in [0.1, 0.15) is 17.3 Å². The number of halogens is 2. The van der Waals surface area contributed by atoms with Crippen LogP contribution >= 0.6 is 11.3 Å². The number of ether oxygens (including phenoxy) is 1. The minimum atomic E-state index is -0.781. The molecule has 0 spiro atoms. The normalized spacial score (nSPS) is 9.91. The molecule has 1 heterocycles. The maximum atomic E-state index is 13.3. The third-order valence-electron chi connectivity index (χ3n) is 2.77. The predicted octanol–water partition coefficient (Wildman–Crippen LogP) is 2.85. The number of hydrogen-bond donors (Lipinski definition) is 1. The first-order chi connectivity index (χ1) is 11.0. The molecule has 0 atom stereocenters. The average Bonchev–Trinajstić information content (AvgIpc) is 2.83. The number of nitrogens with one attached hydrogen (secondary N) is 1. The summed E-state index contributed by atoms with van der Waals surface area (Å²) in [5, 5.41) is 3.48. The van der Waals surface area contributed by atoms with E-state index in [2.05, 4.69) is 22.1 Å². The summed E-state index contributed by atoms with van der Waals surface area (Å²) in [6.45, 7) is 3.69. The van der Waals surface area contributed by atoms with E-state index in [0.29, 0.717) is 10.6 Å². The zero-order chi connectivity index (χ0) is 16.8. The van der Waals surface area contributed by atoms with Crippen molar-refractivity contribution in [2.24, 2.45) is 0 Å². The van der Waals surface area contributed by atoms with Crippen LogP contribution in [0.4, 0.5) is 8.78 Å². The van der Waals surface area contributed by atoms with Crippen molar-refractivity contribution in [1.29, 1.82) is 0 Å². The van der Waals surface area contributed by atoms with Crippen molar-refractivity contribution in [1.82, 2.24) is 10.3 Å². The van der Waals surface area contributed by atoms with Gasteiger partial charge in [0, 0.05) is 6.07 Å². The van der Waals surface area contributed by atoms with Crippen molar-refractivity contribution in [2.45, 2.75) is 13.8 Å². The molecule has 23 heavy (non-hydrogen) atoms. The highest BCUT2D eigenvalue weighted by Crippen LogP contribution is 2.17. The highest BCUT2D eigenvalue weighted by molar-refractivity contribution is 7.13. The second-order valence-corrected chi connectivity index (χ2v) is 5.75. The lowest BCUT2D eigenvalue weighted by atomic mass is 10.3. The van der Waals surface area contributed by atoms with Crippen LogP contribution in [0.25, 0.3) is 0 Å². The minimum absolute atomic E-state index is 0.0584. The van der Waals surface area contributed by atoms with Gasteiger partial charge in [0.15, 0.2) is 11.6 Å². The van der Waals surface area contributed by atoms with E-state index >= 15 is 0 Å². The summed E-state index contributed by atoms with van der Waals surface area (Å²) < 4.78 is 31.1. The number of aromatic nitrogens is 1. The molecule has 7 heteroatoms. The van der Waals surface area contributed by atoms with Gasteiger partial charge in [-0.25, -0.2) is 13.8 Å². The van der Waals surface area contributed by atoms with Crippen molar-refractivity contribution >= 4 is 17.2 Å². The molecule has 4 nitrogen and oxygen atoms in total. The Balaban J connectivity index is 1.78. The summed E-state index contributed by atoms with van der Waals surface area (Å²) in [7, 11) is 0. The zero-order valence-electron chi connectivity index (χ0n) is 12.6. The Morgan fingerprint density at radius 1 is 1.35 bits per heavy atom. The van der Waals surface area contributed by atoms with Crippen molar-refractivity contribution in [3.05, 3.63) is 45.4 Å². The van der Waals surface area contributed by atoms with E-state index in [9.17, 15) is 13.6 Å². The second-order valence-electron chi connectivity index (χ2n) is 4.55. The average molecular weight is 336 g/mol. The van der Waals surface area contributed by atoms with E-state index in [1.54, 1.807) is 6.92 Å². The van der Waals surface area contributed by atoms with E-state index in [1.165, 1.54) is 17.4 Å². The van der Waals surface area contributed by atoms with Gasteiger partial charge in [0.25, 0.3) is 5.91 Å². The van der Waals surface area contributed by atoms with Crippen molar-refractivity contribution in [2.75, 3.05) is 13.2 Å². The third kappa shape index (κ3) is 4.76. The van der Waals surface area contributed by atoms with Crippen LogP contribution in [0.1, 0.15) is 20.4 Å². The van der Waals surface area contributed by atoms with Gasteiger partial charge in [0.05, 0.1) is 17.2 Å². The van der Waals surface area contributed by atoms with Gasteiger partial charge in [-0.3, -0.25) is 4.79 Å². The number of hydrogen-bond acceptors (Lipinski definition) is 4. The van der Waals surface area contributed by atoms with E-state index in [-0.39, 0.29) is 24.8 Å². The lowest BCUT2D eigenvalue weighted by molar-refractivity contribution is 0.0962. The molecule has 0 aliphatic rings. The molecule has 1 aromatic carbocycles. The number of thiazole rings is 1. The fourth-order valence-corrected chi connectivity index (χ4v) is 2.60. The number of benzene rings is 1. The number of carbonyl (C=O) groups excluding carboxylic acids is 1. The lowest BCUT2D eigenvalue weighted by Gasteiger charge is -2.02. The molecule has 0 saturated heterocycles. The van der Waals surface area contributed by atoms with Crippen LogP contribution in [-0.2, 0) is 0 Å².